The van der Waals surface area contributed by atoms with Crippen LogP contribution in [0.15, 0.2) is 0 Å². The average Bonchev–Trinajstić information content (AvgIpc) is 3.44. The molecule has 4 aliphatic rings. The lowest BCUT2D eigenvalue weighted by atomic mass is 9.74. The Bertz CT molecular complexity index is 1070. The van der Waals surface area contributed by atoms with Crippen LogP contribution in [0, 0.1) is 29.1 Å². The first kappa shape index (κ1) is 39.6. The fraction of sp³-hybridized carbons (Fsp3) is 0.944. The van der Waals surface area contributed by atoms with Crippen LogP contribution in [0.4, 0.5) is 0 Å². The smallest absolute Gasteiger partial charge is 0.306 e. The summed E-state index contributed by atoms with van der Waals surface area (Å²) in [6.07, 6.45) is -0.413. The van der Waals surface area contributed by atoms with Crippen LogP contribution in [0.5, 0.6) is 0 Å². The molecular formula is C36H65N3O9. The van der Waals surface area contributed by atoms with Gasteiger partial charge in [0.25, 0.3) is 0 Å². The molecule has 48 heavy (non-hydrogen) atoms. The highest BCUT2D eigenvalue weighted by molar-refractivity contribution is 5.87. The highest BCUT2D eigenvalue weighted by Crippen LogP contribution is 2.39. The SMILES string of the molecule is CO[C@]1(C)C[C@@H](C)CN(C)[C@@H](C2CCN(C[C@@H]3COC(=O)C3)CC2)CO[C@@H](O)C(C)(C)C(=O)[C@H](C)[C@H]1O[C@@H]1O[C@H](C)C[C@H](N(C)C)[C@H]1O. The molecule has 4 rings (SSSR count). The first-order chi connectivity index (χ1) is 22.5. The van der Waals surface area contributed by atoms with E-state index in [9.17, 15) is 19.8 Å². The molecule has 2 N–H and O–H groups in total. The van der Waals surface area contributed by atoms with Gasteiger partial charge in [-0.25, -0.2) is 0 Å². The predicted octanol–water partition coefficient (Wildman–Crippen LogP) is 2.38. The molecule has 4 saturated heterocycles. The highest BCUT2D eigenvalue weighted by Gasteiger charge is 2.51. The fourth-order valence-electron chi connectivity index (χ4n) is 8.72. The van der Waals surface area contributed by atoms with Gasteiger partial charge in [0, 0.05) is 44.1 Å². The molecular weight excluding hydrogens is 618 g/mol. The second-order valence-electron chi connectivity index (χ2n) is 16.4. The molecule has 0 saturated carbocycles. The summed E-state index contributed by atoms with van der Waals surface area (Å²) in [7, 11) is 7.64. The van der Waals surface area contributed by atoms with Gasteiger partial charge in [-0.3, -0.25) is 9.59 Å². The van der Waals surface area contributed by atoms with Gasteiger partial charge >= 0.3 is 5.97 Å². The van der Waals surface area contributed by atoms with Crippen molar-refractivity contribution in [3.8, 4) is 0 Å². The molecule has 11 atom stereocenters. The zero-order valence-corrected chi connectivity index (χ0v) is 31.2. The molecule has 0 aromatic rings. The molecule has 4 heterocycles. The van der Waals surface area contributed by atoms with Crippen molar-refractivity contribution in [1.29, 1.82) is 0 Å². The summed E-state index contributed by atoms with van der Waals surface area (Å²) in [6, 6.07) is -0.127. The van der Waals surface area contributed by atoms with Gasteiger partial charge in [0.15, 0.2) is 12.6 Å². The van der Waals surface area contributed by atoms with Gasteiger partial charge in [0.05, 0.1) is 42.9 Å². The zero-order valence-electron chi connectivity index (χ0n) is 31.2. The van der Waals surface area contributed by atoms with E-state index >= 15 is 0 Å². The topological polar surface area (TPSA) is 130 Å². The third-order valence-electron chi connectivity index (χ3n) is 11.7. The van der Waals surface area contributed by atoms with Crippen LogP contribution >= 0.6 is 0 Å². The average molecular weight is 684 g/mol. The van der Waals surface area contributed by atoms with Gasteiger partial charge in [-0.2, -0.15) is 0 Å². The van der Waals surface area contributed by atoms with E-state index in [0.29, 0.717) is 38.4 Å². The van der Waals surface area contributed by atoms with Crippen molar-refractivity contribution in [2.24, 2.45) is 29.1 Å². The van der Waals surface area contributed by atoms with Crippen molar-refractivity contribution in [3.05, 3.63) is 0 Å². The third-order valence-corrected chi connectivity index (χ3v) is 11.7. The maximum absolute atomic E-state index is 14.3. The van der Waals surface area contributed by atoms with Crippen LogP contribution in [-0.4, -0.2) is 153 Å². The van der Waals surface area contributed by atoms with Gasteiger partial charge in [-0.15, -0.1) is 0 Å². The van der Waals surface area contributed by atoms with Crippen molar-refractivity contribution in [2.45, 2.75) is 122 Å². The lowest BCUT2D eigenvalue weighted by Gasteiger charge is -2.47. The summed E-state index contributed by atoms with van der Waals surface area (Å²) in [5.74, 6) is -0.254. The molecule has 12 nitrogen and oxygen atoms in total. The summed E-state index contributed by atoms with van der Waals surface area (Å²) in [5, 5.41) is 22.8. The number of hydrogen-bond acceptors (Lipinski definition) is 12. The Hall–Kier alpha value is -1.22. The molecule has 0 unspecified atom stereocenters. The van der Waals surface area contributed by atoms with Gasteiger partial charge < -0.3 is 48.6 Å². The number of nitrogens with zero attached hydrogens (tertiary/aromatic N) is 3. The summed E-state index contributed by atoms with van der Waals surface area (Å²) in [5.41, 5.74) is -2.15. The summed E-state index contributed by atoms with van der Waals surface area (Å²) < 4.78 is 30.5. The summed E-state index contributed by atoms with van der Waals surface area (Å²) in [6.45, 7) is 15.7. The van der Waals surface area contributed by atoms with Crippen LogP contribution < -0.4 is 0 Å². The van der Waals surface area contributed by atoms with E-state index in [0.717, 1.165) is 39.0 Å². The van der Waals surface area contributed by atoms with Gasteiger partial charge in [-0.1, -0.05) is 13.8 Å². The Labute approximate surface area is 288 Å². The standard InChI is InChI=1S/C36H65N3O9/c1-22-17-36(6,44-10)32(48-33-30(41)27(37(7)8)15-23(2)47-33)24(3)31(42)35(4,5)34(43)46-21-28(38(9)18-22)26-11-13-39(14-12-26)19-25-16-29(40)45-20-25/h22-28,30,32-34,41,43H,11-21H2,1-10H3/t22-,23-,24+,25-,27+,28-,30-,32-,33+,34-,36-/m1/s1. The number of carbonyl (C=O) groups excluding carboxylic acids is 2. The number of Topliss-reactive ketones (excluding diaryl/α,β-unsaturated/α-hetero) is 1. The first-order valence-electron chi connectivity index (χ1n) is 18.1. The molecule has 4 fully saturated rings. The van der Waals surface area contributed by atoms with Crippen LogP contribution in [0.25, 0.3) is 0 Å². The molecule has 0 spiro atoms. The number of ketones is 1. The van der Waals surface area contributed by atoms with Gasteiger partial charge in [0.2, 0.25) is 0 Å². The Kier molecular flexibility index (Phi) is 13.5. The number of aliphatic hydroxyl groups is 2. The normalized spacial score (nSPS) is 41.9. The molecule has 0 aliphatic carbocycles. The van der Waals surface area contributed by atoms with Crippen LogP contribution in [0.1, 0.15) is 73.6 Å². The minimum atomic E-state index is -1.33. The Morgan fingerprint density at radius 2 is 1.71 bits per heavy atom. The molecule has 0 radical (unpaired) electrons. The van der Waals surface area contributed by atoms with E-state index in [2.05, 4.69) is 23.8 Å². The number of likely N-dealkylation sites (tertiary alicyclic amines) is 1. The number of carbonyl (C=O) groups is 2. The van der Waals surface area contributed by atoms with E-state index in [-0.39, 0.29) is 41.8 Å². The van der Waals surface area contributed by atoms with Crippen molar-refractivity contribution in [2.75, 3.05) is 67.6 Å². The number of piperidine rings is 1. The van der Waals surface area contributed by atoms with E-state index in [4.69, 9.17) is 23.7 Å². The van der Waals surface area contributed by atoms with Crippen molar-refractivity contribution in [3.63, 3.8) is 0 Å². The molecule has 0 bridgehead atoms. The minimum Gasteiger partial charge on any atom is -0.465 e. The lowest BCUT2D eigenvalue weighted by Crippen LogP contribution is -2.59. The highest BCUT2D eigenvalue weighted by atomic mass is 16.7. The Morgan fingerprint density at radius 1 is 1.04 bits per heavy atom. The molecule has 4 aliphatic heterocycles. The van der Waals surface area contributed by atoms with E-state index in [1.54, 1.807) is 21.0 Å². The maximum Gasteiger partial charge on any atom is 0.306 e. The van der Waals surface area contributed by atoms with Crippen molar-refractivity contribution < 1.29 is 43.5 Å². The van der Waals surface area contributed by atoms with Gasteiger partial charge in [-0.05, 0) is 99.4 Å². The Morgan fingerprint density at radius 3 is 2.29 bits per heavy atom. The summed E-state index contributed by atoms with van der Waals surface area (Å²) >= 11 is 0. The fourth-order valence-corrected chi connectivity index (χ4v) is 8.72. The number of ether oxygens (including phenoxy) is 5. The number of aliphatic hydroxyl groups excluding tert-OH is 2. The molecule has 0 aromatic heterocycles. The number of rotatable bonds is 7. The minimum absolute atomic E-state index is 0.0424. The lowest BCUT2D eigenvalue weighted by molar-refractivity contribution is -0.296. The second kappa shape index (κ2) is 16.4. The quantitative estimate of drug-likeness (QED) is 0.382. The number of hydrogen-bond donors (Lipinski definition) is 2. The van der Waals surface area contributed by atoms with E-state index < -0.39 is 41.7 Å². The van der Waals surface area contributed by atoms with Crippen LogP contribution in [0.3, 0.4) is 0 Å². The van der Waals surface area contributed by atoms with E-state index in [1.165, 1.54) is 0 Å². The first-order valence-corrected chi connectivity index (χ1v) is 18.1. The second-order valence-corrected chi connectivity index (χ2v) is 16.4. The van der Waals surface area contributed by atoms with Crippen molar-refractivity contribution >= 4 is 11.8 Å². The summed E-state index contributed by atoms with van der Waals surface area (Å²) in [4.78, 5) is 32.7. The van der Waals surface area contributed by atoms with E-state index in [1.807, 2.05) is 39.8 Å². The molecule has 12 heteroatoms. The predicted molar refractivity (Wildman–Crippen MR) is 181 cm³/mol. The molecule has 0 aromatic carbocycles. The monoisotopic (exact) mass is 683 g/mol. The maximum atomic E-state index is 14.3. The van der Waals surface area contributed by atoms with Crippen molar-refractivity contribution in [1.82, 2.24) is 14.7 Å². The molecule has 0 amide bonds. The zero-order chi connectivity index (χ0) is 35.6. The third kappa shape index (κ3) is 9.16. The molecule has 278 valence electrons. The Balaban J connectivity index is 1.56. The van der Waals surface area contributed by atoms with Gasteiger partial charge in [0.1, 0.15) is 11.9 Å². The largest absolute Gasteiger partial charge is 0.465 e. The number of methoxy groups -OCH3 is 1. The van der Waals surface area contributed by atoms with Crippen LogP contribution in [-0.2, 0) is 33.3 Å². The number of cyclic esters (lactones) is 1. The van der Waals surface area contributed by atoms with Crippen LogP contribution in [0.2, 0.25) is 0 Å². The number of esters is 1. The number of likely N-dealkylation sites (N-methyl/N-ethyl adjacent to an activating group) is 2.